The zero-order valence-electron chi connectivity index (χ0n) is 14.0. The van der Waals surface area contributed by atoms with Gasteiger partial charge in [-0.3, -0.25) is 0 Å². The lowest BCUT2D eigenvalue weighted by Crippen LogP contribution is -2.35. The Balaban J connectivity index is 1.83. The van der Waals surface area contributed by atoms with Crippen molar-refractivity contribution in [2.24, 2.45) is 5.41 Å². The van der Waals surface area contributed by atoms with E-state index in [0.29, 0.717) is 24.4 Å². The molecule has 1 aliphatic heterocycles. The number of hydrogen-bond acceptors (Lipinski definition) is 5. The quantitative estimate of drug-likeness (QED) is 0.912. The maximum absolute atomic E-state index is 13.4. The monoisotopic (exact) mass is 331 g/mol. The Morgan fingerprint density at radius 3 is 2.83 bits per heavy atom. The number of nitrogens with zero attached hydrogens (tertiary/aromatic N) is 3. The molecule has 24 heavy (non-hydrogen) atoms. The lowest BCUT2D eigenvalue weighted by molar-refractivity contribution is 0.0447. The van der Waals surface area contributed by atoms with Gasteiger partial charge in [0.25, 0.3) is 0 Å². The van der Waals surface area contributed by atoms with E-state index in [1.165, 1.54) is 12.1 Å². The highest BCUT2D eigenvalue weighted by atomic mass is 19.1. The molecule has 1 atom stereocenters. The molecular weight excluding hydrogens is 309 g/mol. The number of halogens is 1. The number of benzene rings is 1. The molecule has 0 spiro atoms. The maximum atomic E-state index is 13.4. The maximum Gasteiger partial charge on any atom is 0.154 e. The molecule has 1 saturated heterocycles. The van der Waals surface area contributed by atoms with Crippen LogP contribution in [0.15, 0.2) is 30.3 Å². The third-order valence-corrected chi connectivity index (χ3v) is 4.60. The number of anilines is 1. The Hall–Kier alpha value is -2.05. The van der Waals surface area contributed by atoms with Crippen LogP contribution in [0.25, 0.3) is 11.3 Å². The predicted octanol–water partition coefficient (Wildman–Crippen LogP) is 2.43. The summed E-state index contributed by atoms with van der Waals surface area (Å²) in [5.74, 6) is 0.518. The van der Waals surface area contributed by atoms with Crippen LogP contribution in [0.2, 0.25) is 0 Å². The molecule has 1 fully saturated rings. The van der Waals surface area contributed by atoms with Gasteiger partial charge in [0.05, 0.1) is 18.9 Å². The normalized spacial score (nSPS) is 20.6. The van der Waals surface area contributed by atoms with E-state index < -0.39 is 0 Å². The number of rotatable bonds is 5. The van der Waals surface area contributed by atoms with Crippen LogP contribution in [0.5, 0.6) is 0 Å². The van der Waals surface area contributed by atoms with E-state index in [-0.39, 0.29) is 17.8 Å². The van der Waals surface area contributed by atoms with E-state index in [2.05, 4.69) is 15.1 Å². The highest BCUT2D eigenvalue weighted by Crippen LogP contribution is 2.34. The number of hydrogen-bond donors (Lipinski definition) is 1. The van der Waals surface area contributed by atoms with Gasteiger partial charge in [0.2, 0.25) is 0 Å². The number of aromatic nitrogens is 2. The smallest absolute Gasteiger partial charge is 0.154 e. The molecule has 1 N–H and O–H groups in total. The van der Waals surface area contributed by atoms with Crippen LogP contribution in [-0.4, -0.2) is 48.7 Å². The zero-order valence-corrected chi connectivity index (χ0v) is 14.0. The molecule has 6 heteroatoms. The lowest BCUT2D eigenvalue weighted by atomic mass is 9.89. The fraction of sp³-hybridized carbons (Fsp3) is 0.444. The number of aryl methyl sites for hydroxylation is 1. The third kappa shape index (κ3) is 3.25. The molecule has 0 radical (unpaired) electrons. The van der Waals surface area contributed by atoms with Crippen molar-refractivity contribution in [3.63, 3.8) is 0 Å². The minimum atomic E-state index is -0.289. The molecule has 2 aromatic rings. The molecule has 0 bridgehead atoms. The van der Waals surface area contributed by atoms with Crippen LogP contribution in [0, 0.1) is 18.2 Å². The average Bonchev–Trinajstić information content (AvgIpc) is 2.99. The molecular formula is C18H22FN3O2. The van der Waals surface area contributed by atoms with Crippen molar-refractivity contribution in [2.75, 3.05) is 38.3 Å². The minimum absolute atomic E-state index is 0.0885. The molecule has 0 aliphatic carbocycles. The largest absolute Gasteiger partial charge is 0.396 e. The van der Waals surface area contributed by atoms with Gasteiger partial charge < -0.3 is 14.7 Å². The Morgan fingerprint density at radius 2 is 2.17 bits per heavy atom. The number of aliphatic hydroxyl groups excluding tert-OH is 1. The predicted molar refractivity (Wildman–Crippen MR) is 90.4 cm³/mol. The number of methoxy groups -OCH3 is 1. The lowest BCUT2D eigenvalue weighted by Gasteiger charge is -2.26. The van der Waals surface area contributed by atoms with Crippen molar-refractivity contribution >= 4 is 5.82 Å². The summed E-state index contributed by atoms with van der Waals surface area (Å²) in [4.78, 5) is 2.13. The van der Waals surface area contributed by atoms with Crippen LogP contribution in [0.3, 0.4) is 0 Å². The third-order valence-electron chi connectivity index (χ3n) is 4.60. The zero-order chi connectivity index (χ0) is 17.2. The summed E-state index contributed by atoms with van der Waals surface area (Å²) >= 11 is 0. The molecule has 0 amide bonds. The fourth-order valence-electron chi connectivity index (χ4n) is 3.29. The van der Waals surface area contributed by atoms with E-state index in [9.17, 15) is 9.50 Å². The summed E-state index contributed by atoms with van der Waals surface area (Å²) in [6.45, 7) is 4.08. The fourth-order valence-corrected chi connectivity index (χ4v) is 3.29. The van der Waals surface area contributed by atoms with Gasteiger partial charge in [-0.2, -0.15) is 0 Å². The van der Waals surface area contributed by atoms with Crippen LogP contribution in [-0.2, 0) is 4.74 Å². The second-order valence-corrected chi connectivity index (χ2v) is 6.51. The Kier molecular flexibility index (Phi) is 4.78. The van der Waals surface area contributed by atoms with Crippen molar-refractivity contribution in [3.05, 3.63) is 41.7 Å². The molecule has 2 heterocycles. The summed E-state index contributed by atoms with van der Waals surface area (Å²) in [7, 11) is 1.65. The molecule has 3 rings (SSSR count). The van der Waals surface area contributed by atoms with Crippen molar-refractivity contribution in [3.8, 4) is 11.3 Å². The molecule has 0 saturated carbocycles. The minimum Gasteiger partial charge on any atom is -0.396 e. The molecule has 1 unspecified atom stereocenters. The van der Waals surface area contributed by atoms with Crippen LogP contribution in [0.4, 0.5) is 10.2 Å². The Bertz CT molecular complexity index is 725. The second-order valence-electron chi connectivity index (χ2n) is 6.51. The molecule has 1 aliphatic rings. The topological polar surface area (TPSA) is 58.5 Å². The summed E-state index contributed by atoms with van der Waals surface area (Å²) in [6, 6.07) is 8.27. The SMILES string of the molecule is COCC1(CO)CCN(c2nnc(-c3cccc(F)c3)cc2C)C1. The highest BCUT2D eigenvalue weighted by Gasteiger charge is 2.38. The van der Waals surface area contributed by atoms with E-state index >= 15 is 0 Å². The molecule has 1 aromatic carbocycles. The van der Waals surface area contributed by atoms with Crippen LogP contribution < -0.4 is 4.90 Å². The van der Waals surface area contributed by atoms with Gasteiger partial charge in [0, 0.05) is 31.2 Å². The van der Waals surface area contributed by atoms with Crippen molar-refractivity contribution in [1.29, 1.82) is 0 Å². The molecule has 5 nitrogen and oxygen atoms in total. The van der Waals surface area contributed by atoms with E-state index in [4.69, 9.17) is 4.74 Å². The van der Waals surface area contributed by atoms with Crippen molar-refractivity contribution in [2.45, 2.75) is 13.3 Å². The Labute approximate surface area is 141 Å². The van der Waals surface area contributed by atoms with Crippen molar-refractivity contribution in [1.82, 2.24) is 10.2 Å². The van der Waals surface area contributed by atoms with Gasteiger partial charge in [-0.25, -0.2) is 4.39 Å². The second kappa shape index (κ2) is 6.83. The van der Waals surface area contributed by atoms with Gasteiger partial charge in [-0.15, -0.1) is 10.2 Å². The van der Waals surface area contributed by atoms with Gasteiger partial charge in [0.15, 0.2) is 5.82 Å². The van der Waals surface area contributed by atoms with E-state index in [0.717, 1.165) is 24.3 Å². The molecule has 128 valence electrons. The highest BCUT2D eigenvalue weighted by molar-refractivity contribution is 5.62. The Morgan fingerprint density at radius 1 is 1.33 bits per heavy atom. The molecule has 1 aromatic heterocycles. The standard InChI is InChI=1S/C18H22FN3O2/c1-13-8-16(14-4-3-5-15(19)9-14)20-21-17(13)22-7-6-18(10-22,11-23)12-24-2/h3-5,8-9,23H,6-7,10-12H2,1-2H3. The first kappa shape index (κ1) is 16.8. The van der Waals surface area contributed by atoms with Gasteiger partial charge in [-0.05, 0) is 37.1 Å². The first-order valence-corrected chi connectivity index (χ1v) is 8.02. The summed E-state index contributed by atoms with van der Waals surface area (Å²) in [5.41, 5.74) is 2.10. The van der Waals surface area contributed by atoms with Gasteiger partial charge in [0.1, 0.15) is 5.82 Å². The average molecular weight is 331 g/mol. The van der Waals surface area contributed by atoms with Crippen molar-refractivity contribution < 1.29 is 14.2 Å². The summed E-state index contributed by atoms with van der Waals surface area (Å²) in [5, 5.41) is 18.3. The van der Waals surface area contributed by atoms with Gasteiger partial charge in [-0.1, -0.05) is 12.1 Å². The number of ether oxygens (including phenoxy) is 1. The van der Waals surface area contributed by atoms with E-state index in [1.807, 2.05) is 19.1 Å². The summed E-state index contributed by atoms with van der Waals surface area (Å²) in [6.07, 6.45) is 0.851. The first-order valence-electron chi connectivity index (χ1n) is 8.02. The summed E-state index contributed by atoms with van der Waals surface area (Å²) < 4.78 is 18.6. The van der Waals surface area contributed by atoms with E-state index in [1.54, 1.807) is 13.2 Å². The van der Waals surface area contributed by atoms with Crippen LogP contribution in [0.1, 0.15) is 12.0 Å². The number of aliphatic hydroxyl groups is 1. The first-order chi connectivity index (χ1) is 11.6. The van der Waals surface area contributed by atoms with Crippen LogP contribution >= 0.6 is 0 Å². The van der Waals surface area contributed by atoms with Gasteiger partial charge >= 0.3 is 0 Å².